The molecule has 0 aliphatic carbocycles. The van der Waals surface area contributed by atoms with E-state index in [1.807, 2.05) is 20.0 Å². The van der Waals surface area contributed by atoms with Gasteiger partial charge in [-0.2, -0.15) is 0 Å². The molecule has 20 heavy (non-hydrogen) atoms. The predicted molar refractivity (Wildman–Crippen MR) is 80.9 cm³/mol. The molecule has 2 aromatic carbocycles. The van der Waals surface area contributed by atoms with Crippen LogP contribution < -0.4 is 10.1 Å². The van der Waals surface area contributed by atoms with Gasteiger partial charge in [-0.1, -0.05) is 23.7 Å². The van der Waals surface area contributed by atoms with E-state index in [-0.39, 0.29) is 11.9 Å². The average molecular weight is 294 g/mol. The number of nitrogens with one attached hydrogen (secondary N) is 1. The number of rotatable bonds is 4. The lowest BCUT2D eigenvalue weighted by molar-refractivity contribution is 0.415. The molecule has 0 spiro atoms. The van der Waals surface area contributed by atoms with Crippen molar-refractivity contribution in [2.45, 2.75) is 13.0 Å². The van der Waals surface area contributed by atoms with E-state index in [9.17, 15) is 4.39 Å². The van der Waals surface area contributed by atoms with Gasteiger partial charge >= 0.3 is 0 Å². The van der Waals surface area contributed by atoms with Crippen molar-refractivity contribution in [3.05, 3.63) is 52.8 Å². The lowest BCUT2D eigenvalue weighted by Crippen LogP contribution is -2.12. The van der Waals surface area contributed by atoms with Crippen molar-refractivity contribution in [2.75, 3.05) is 14.2 Å². The summed E-state index contributed by atoms with van der Waals surface area (Å²) >= 11 is 6.00. The van der Waals surface area contributed by atoms with Crippen LogP contribution in [0.1, 0.15) is 18.5 Å². The highest BCUT2D eigenvalue weighted by Crippen LogP contribution is 2.32. The third-order valence-corrected chi connectivity index (χ3v) is 3.70. The highest BCUT2D eigenvalue weighted by atomic mass is 35.5. The van der Waals surface area contributed by atoms with Gasteiger partial charge in [-0.3, -0.25) is 0 Å². The topological polar surface area (TPSA) is 21.3 Å². The molecule has 0 fully saturated rings. The zero-order valence-corrected chi connectivity index (χ0v) is 12.5. The molecule has 0 aliphatic heterocycles. The van der Waals surface area contributed by atoms with Gasteiger partial charge in [-0.05, 0) is 49.4 Å². The van der Waals surface area contributed by atoms with Gasteiger partial charge in [-0.15, -0.1) is 0 Å². The lowest BCUT2D eigenvalue weighted by Gasteiger charge is -2.13. The van der Waals surface area contributed by atoms with Crippen LogP contribution in [0.3, 0.4) is 0 Å². The molecule has 1 N–H and O–H groups in total. The van der Waals surface area contributed by atoms with Crippen LogP contribution in [-0.2, 0) is 0 Å². The molecular formula is C16H17ClFNO. The molecule has 0 aromatic heterocycles. The van der Waals surface area contributed by atoms with Gasteiger partial charge in [0.15, 0.2) is 0 Å². The normalized spacial score (nSPS) is 12.2. The summed E-state index contributed by atoms with van der Waals surface area (Å²) in [6.07, 6.45) is 0. The van der Waals surface area contributed by atoms with Gasteiger partial charge < -0.3 is 10.1 Å². The molecule has 2 rings (SSSR count). The van der Waals surface area contributed by atoms with Crippen LogP contribution in [0.15, 0.2) is 36.4 Å². The molecule has 0 bridgehead atoms. The van der Waals surface area contributed by atoms with E-state index in [4.69, 9.17) is 16.3 Å². The van der Waals surface area contributed by atoms with E-state index in [1.165, 1.54) is 6.07 Å². The lowest BCUT2D eigenvalue weighted by atomic mass is 9.99. The zero-order valence-electron chi connectivity index (χ0n) is 11.7. The molecule has 1 unspecified atom stereocenters. The SMILES string of the molecule is CNC(C)c1ccc(F)c(-c2ccc(Cl)c(OC)c2)c1. The monoisotopic (exact) mass is 293 g/mol. The maximum absolute atomic E-state index is 14.1. The average Bonchev–Trinajstić information content (AvgIpc) is 2.47. The Morgan fingerprint density at radius 2 is 1.95 bits per heavy atom. The van der Waals surface area contributed by atoms with Gasteiger partial charge in [-0.25, -0.2) is 4.39 Å². The fraction of sp³-hybridized carbons (Fsp3) is 0.250. The number of benzene rings is 2. The molecule has 0 aliphatic rings. The Balaban J connectivity index is 2.51. The second-order valence-electron chi connectivity index (χ2n) is 4.60. The minimum absolute atomic E-state index is 0.156. The van der Waals surface area contributed by atoms with E-state index >= 15 is 0 Å². The van der Waals surface area contributed by atoms with Crippen molar-refractivity contribution < 1.29 is 9.13 Å². The first kappa shape index (κ1) is 14.8. The summed E-state index contributed by atoms with van der Waals surface area (Å²) in [5.74, 6) is 0.275. The second kappa shape index (κ2) is 6.25. The summed E-state index contributed by atoms with van der Waals surface area (Å²) < 4.78 is 19.2. The maximum atomic E-state index is 14.1. The van der Waals surface area contributed by atoms with Crippen LogP contribution in [0.4, 0.5) is 4.39 Å². The van der Waals surface area contributed by atoms with Gasteiger partial charge in [0.2, 0.25) is 0 Å². The van der Waals surface area contributed by atoms with Crippen molar-refractivity contribution in [1.29, 1.82) is 0 Å². The molecule has 0 heterocycles. The van der Waals surface area contributed by atoms with Crippen molar-refractivity contribution in [2.24, 2.45) is 0 Å². The molecule has 1 atom stereocenters. The molecule has 0 radical (unpaired) electrons. The third kappa shape index (κ3) is 2.94. The van der Waals surface area contributed by atoms with E-state index in [1.54, 1.807) is 31.4 Å². The minimum atomic E-state index is -0.263. The molecule has 0 saturated carbocycles. The summed E-state index contributed by atoms with van der Waals surface area (Å²) in [7, 11) is 3.42. The number of halogens is 2. The Labute approximate surface area is 123 Å². The van der Waals surface area contributed by atoms with Gasteiger partial charge in [0, 0.05) is 11.6 Å². The van der Waals surface area contributed by atoms with Gasteiger partial charge in [0.05, 0.1) is 12.1 Å². The molecule has 106 valence electrons. The Morgan fingerprint density at radius 3 is 2.60 bits per heavy atom. The zero-order chi connectivity index (χ0) is 14.7. The summed E-state index contributed by atoms with van der Waals surface area (Å²) in [5, 5.41) is 3.65. The quantitative estimate of drug-likeness (QED) is 0.900. The van der Waals surface area contributed by atoms with Crippen LogP contribution in [0.2, 0.25) is 5.02 Å². The number of hydrogen-bond donors (Lipinski definition) is 1. The molecule has 2 aromatic rings. The van der Waals surface area contributed by atoms with Crippen molar-refractivity contribution >= 4 is 11.6 Å². The fourth-order valence-electron chi connectivity index (χ4n) is 2.03. The maximum Gasteiger partial charge on any atom is 0.138 e. The predicted octanol–water partition coefficient (Wildman–Crippen LogP) is 4.44. The first-order chi connectivity index (χ1) is 9.56. The summed E-state index contributed by atoms with van der Waals surface area (Å²) in [5.41, 5.74) is 2.31. The highest BCUT2D eigenvalue weighted by Gasteiger charge is 2.11. The summed E-state index contributed by atoms with van der Waals surface area (Å²) in [6, 6.07) is 10.5. The second-order valence-corrected chi connectivity index (χ2v) is 5.01. The number of ether oxygens (including phenoxy) is 1. The highest BCUT2D eigenvalue weighted by molar-refractivity contribution is 6.32. The van der Waals surface area contributed by atoms with Crippen molar-refractivity contribution in [3.63, 3.8) is 0 Å². The molecule has 0 saturated heterocycles. The Bertz CT molecular complexity index is 615. The Hall–Kier alpha value is -1.58. The molecule has 2 nitrogen and oxygen atoms in total. The van der Waals surface area contributed by atoms with E-state index < -0.39 is 0 Å². The molecule has 0 amide bonds. The largest absolute Gasteiger partial charge is 0.495 e. The van der Waals surface area contributed by atoms with Gasteiger partial charge in [0.25, 0.3) is 0 Å². The van der Waals surface area contributed by atoms with Crippen LogP contribution in [0.5, 0.6) is 5.75 Å². The minimum Gasteiger partial charge on any atom is -0.495 e. The summed E-state index contributed by atoms with van der Waals surface area (Å²) in [4.78, 5) is 0. The molecule has 4 heteroatoms. The van der Waals surface area contributed by atoms with Crippen molar-refractivity contribution in [3.8, 4) is 16.9 Å². The van der Waals surface area contributed by atoms with Crippen molar-refractivity contribution in [1.82, 2.24) is 5.32 Å². The first-order valence-corrected chi connectivity index (χ1v) is 6.75. The van der Waals surface area contributed by atoms with Crippen LogP contribution in [0.25, 0.3) is 11.1 Å². The summed E-state index contributed by atoms with van der Waals surface area (Å²) in [6.45, 7) is 2.03. The van der Waals surface area contributed by atoms with E-state index in [0.29, 0.717) is 16.3 Å². The van der Waals surface area contributed by atoms with Gasteiger partial charge in [0.1, 0.15) is 11.6 Å². The number of methoxy groups -OCH3 is 1. The molecular weight excluding hydrogens is 277 g/mol. The number of hydrogen-bond acceptors (Lipinski definition) is 2. The van der Waals surface area contributed by atoms with E-state index in [0.717, 1.165) is 11.1 Å². The smallest absolute Gasteiger partial charge is 0.138 e. The van der Waals surface area contributed by atoms with Crippen LogP contribution >= 0.6 is 11.6 Å². The first-order valence-electron chi connectivity index (χ1n) is 6.37. The van der Waals surface area contributed by atoms with E-state index in [2.05, 4.69) is 5.32 Å². The van der Waals surface area contributed by atoms with Crippen LogP contribution in [0, 0.1) is 5.82 Å². The fourth-order valence-corrected chi connectivity index (χ4v) is 2.22. The third-order valence-electron chi connectivity index (χ3n) is 3.39. The Morgan fingerprint density at radius 1 is 1.20 bits per heavy atom. The van der Waals surface area contributed by atoms with Crippen LogP contribution in [-0.4, -0.2) is 14.2 Å². The Kier molecular flexibility index (Phi) is 4.63. The standard InChI is InChI=1S/C16H17ClFNO/c1-10(19-2)11-5-7-15(18)13(8-11)12-4-6-14(17)16(9-12)20-3/h4-10,19H,1-3H3.